The number of hydrogen-bond acceptors (Lipinski definition) is 2. The van der Waals surface area contributed by atoms with Crippen molar-refractivity contribution >= 4 is 11.6 Å². The van der Waals surface area contributed by atoms with Gasteiger partial charge >= 0.3 is 0 Å². The summed E-state index contributed by atoms with van der Waals surface area (Å²) in [5.41, 5.74) is 6.82. The second kappa shape index (κ2) is 6.31. The summed E-state index contributed by atoms with van der Waals surface area (Å²) < 4.78 is 5.78. The molecule has 86 valence electrons. The number of ether oxygens (including phenoxy) is 1. The molecule has 1 rings (SSSR count). The lowest BCUT2D eigenvalue weighted by molar-refractivity contribution is 0.0703. The van der Waals surface area contributed by atoms with Crippen molar-refractivity contribution in [2.75, 3.05) is 6.54 Å². The van der Waals surface area contributed by atoms with Gasteiger partial charge in [0.15, 0.2) is 0 Å². The summed E-state index contributed by atoms with van der Waals surface area (Å²) in [4.78, 5) is 0. The van der Waals surface area contributed by atoms with Gasteiger partial charge in [-0.1, -0.05) is 12.2 Å². The summed E-state index contributed by atoms with van der Waals surface area (Å²) in [6.45, 7) is 6.37. The molecule has 1 saturated heterocycles. The van der Waals surface area contributed by atoms with Crippen molar-refractivity contribution in [1.29, 1.82) is 0 Å². The number of nitrogens with two attached hydrogens (primary N) is 1. The summed E-state index contributed by atoms with van der Waals surface area (Å²) in [7, 11) is 0. The van der Waals surface area contributed by atoms with E-state index in [0.29, 0.717) is 6.54 Å². The quantitative estimate of drug-likeness (QED) is 0.581. The van der Waals surface area contributed by atoms with Gasteiger partial charge in [-0.3, -0.25) is 0 Å². The van der Waals surface area contributed by atoms with Crippen molar-refractivity contribution in [2.45, 2.75) is 43.8 Å². The second-order valence-corrected chi connectivity index (χ2v) is 4.56. The Hall–Kier alpha value is -0.310. The van der Waals surface area contributed by atoms with Gasteiger partial charge in [-0.05, 0) is 31.8 Å². The van der Waals surface area contributed by atoms with Crippen molar-refractivity contribution in [1.82, 2.24) is 0 Å². The van der Waals surface area contributed by atoms with Crippen LogP contribution in [0.1, 0.15) is 26.2 Å². The monoisotopic (exact) mass is 229 g/mol. The number of halogens is 1. The third kappa shape index (κ3) is 3.98. The minimum absolute atomic E-state index is 0.0201. The fourth-order valence-corrected chi connectivity index (χ4v) is 1.83. The Kier molecular flexibility index (Phi) is 5.37. The Balaban J connectivity index is 2.40. The smallest absolute Gasteiger partial charge is 0.0787 e. The Labute approximate surface area is 97.1 Å². The first kappa shape index (κ1) is 12.8. The average molecular weight is 230 g/mol. The van der Waals surface area contributed by atoms with E-state index in [1.54, 1.807) is 6.08 Å². The molecule has 15 heavy (non-hydrogen) atoms. The maximum atomic E-state index is 5.95. The molecule has 1 fully saturated rings. The van der Waals surface area contributed by atoms with Crippen LogP contribution in [-0.4, -0.2) is 24.1 Å². The minimum Gasteiger partial charge on any atom is -0.369 e. The zero-order chi connectivity index (χ0) is 11.3. The van der Waals surface area contributed by atoms with Crippen LogP contribution in [0.3, 0.4) is 0 Å². The van der Waals surface area contributed by atoms with E-state index < -0.39 is 0 Å². The van der Waals surface area contributed by atoms with E-state index in [-0.39, 0.29) is 17.6 Å². The van der Waals surface area contributed by atoms with E-state index in [2.05, 4.69) is 19.6 Å². The Morgan fingerprint density at radius 3 is 2.93 bits per heavy atom. The lowest BCUT2D eigenvalue weighted by Gasteiger charge is -2.13. The highest BCUT2D eigenvalue weighted by Crippen LogP contribution is 2.25. The highest BCUT2D eigenvalue weighted by molar-refractivity contribution is 6.21. The number of hydrogen-bond donors (Lipinski definition) is 1. The molecule has 1 aliphatic heterocycles. The van der Waals surface area contributed by atoms with Gasteiger partial charge in [-0.25, -0.2) is 0 Å². The molecule has 0 bridgehead atoms. The van der Waals surface area contributed by atoms with Gasteiger partial charge in [0.05, 0.1) is 17.6 Å². The zero-order valence-electron chi connectivity index (χ0n) is 9.29. The van der Waals surface area contributed by atoms with Crippen LogP contribution in [0.15, 0.2) is 24.3 Å². The number of rotatable bonds is 5. The lowest BCUT2D eigenvalue weighted by atomic mass is 10.1. The van der Waals surface area contributed by atoms with Crippen LogP contribution in [0.25, 0.3) is 0 Å². The molecule has 2 nitrogen and oxygen atoms in total. The summed E-state index contributed by atoms with van der Waals surface area (Å²) in [5.74, 6) is 0. The Bertz CT molecular complexity index is 240. The van der Waals surface area contributed by atoms with Crippen molar-refractivity contribution < 1.29 is 4.74 Å². The van der Waals surface area contributed by atoms with Crippen LogP contribution in [-0.2, 0) is 4.74 Å². The molecular weight excluding hydrogens is 210 g/mol. The summed E-state index contributed by atoms with van der Waals surface area (Å²) in [6, 6.07) is 0. The molecule has 0 amide bonds. The van der Waals surface area contributed by atoms with Gasteiger partial charge in [0, 0.05) is 6.54 Å². The predicted octanol–water partition coefficient (Wildman–Crippen LogP) is 2.62. The second-order valence-electron chi connectivity index (χ2n) is 4.00. The molecule has 0 radical (unpaired) electrons. The molecule has 0 aromatic rings. The Morgan fingerprint density at radius 2 is 2.40 bits per heavy atom. The largest absolute Gasteiger partial charge is 0.369 e. The molecule has 0 aromatic carbocycles. The molecule has 0 aliphatic carbocycles. The van der Waals surface area contributed by atoms with E-state index in [9.17, 15) is 0 Å². The van der Waals surface area contributed by atoms with E-state index in [1.165, 1.54) is 5.57 Å². The van der Waals surface area contributed by atoms with Crippen molar-refractivity contribution in [3.8, 4) is 0 Å². The number of allylic oxidation sites excluding steroid dienone is 2. The first-order valence-electron chi connectivity index (χ1n) is 5.46. The molecule has 1 heterocycles. The standard InChI is InChI=1S/C12H20ClNO/c1-3-10(13)5-4-9(2)12-7-6-11(8-14)15-12/h3-4,10-12H,1,5-8,14H2,2H3/b9-4+. The van der Waals surface area contributed by atoms with Crippen LogP contribution in [0, 0.1) is 0 Å². The third-order valence-corrected chi connectivity index (χ3v) is 3.16. The van der Waals surface area contributed by atoms with Crippen LogP contribution in [0.5, 0.6) is 0 Å². The van der Waals surface area contributed by atoms with Crippen molar-refractivity contribution in [2.24, 2.45) is 5.73 Å². The van der Waals surface area contributed by atoms with Gasteiger partial charge in [0.1, 0.15) is 0 Å². The Morgan fingerprint density at radius 1 is 1.67 bits per heavy atom. The van der Waals surface area contributed by atoms with Gasteiger partial charge in [0.25, 0.3) is 0 Å². The van der Waals surface area contributed by atoms with Crippen molar-refractivity contribution in [3.63, 3.8) is 0 Å². The highest BCUT2D eigenvalue weighted by Gasteiger charge is 2.24. The molecule has 3 atom stereocenters. The molecule has 0 spiro atoms. The first-order chi connectivity index (χ1) is 7.17. The average Bonchev–Trinajstić information content (AvgIpc) is 2.73. The van der Waals surface area contributed by atoms with Gasteiger partial charge < -0.3 is 10.5 Å². The maximum Gasteiger partial charge on any atom is 0.0787 e. The molecule has 0 saturated carbocycles. The zero-order valence-corrected chi connectivity index (χ0v) is 10.0. The van der Waals surface area contributed by atoms with E-state index in [4.69, 9.17) is 22.1 Å². The van der Waals surface area contributed by atoms with Gasteiger partial charge in [-0.15, -0.1) is 18.2 Å². The van der Waals surface area contributed by atoms with Crippen molar-refractivity contribution in [3.05, 3.63) is 24.3 Å². The topological polar surface area (TPSA) is 35.2 Å². The molecular formula is C12H20ClNO. The van der Waals surface area contributed by atoms with Crippen LogP contribution in [0.2, 0.25) is 0 Å². The maximum absolute atomic E-state index is 5.95. The van der Waals surface area contributed by atoms with E-state index >= 15 is 0 Å². The van der Waals surface area contributed by atoms with Gasteiger partial charge in [-0.2, -0.15) is 0 Å². The fraction of sp³-hybridized carbons (Fsp3) is 0.667. The third-order valence-electron chi connectivity index (χ3n) is 2.80. The molecule has 2 N–H and O–H groups in total. The first-order valence-corrected chi connectivity index (χ1v) is 5.89. The minimum atomic E-state index is 0.0201. The van der Waals surface area contributed by atoms with Crippen LogP contribution in [0.4, 0.5) is 0 Å². The van der Waals surface area contributed by atoms with E-state index in [1.807, 2.05) is 0 Å². The molecule has 0 aromatic heterocycles. The van der Waals surface area contributed by atoms with Gasteiger partial charge in [0.2, 0.25) is 0 Å². The normalized spacial score (nSPS) is 29.1. The number of alkyl halides is 1. The molecule has 1 aliphatic rings. The van der Waals surface area contributed by atoms with Crippen LogP contribution >= 0.6 is 11.6 Å². The fourth-order valence-electron chi connectivity index (χ4n) is 1.74. The molecule has 3 heteroatoms. The molecule has 3 unspecified atom stereocenters. The SMILES string of the molecule is C=CC(Cl)C/C=C(\C)C1CCC(CN)O1. The van der Waals surface area contributed by atoms with Crippen LogP contribution < -0.4 is 5.73 Å². The summed E-state index contributed by atoms with van der Waals surface area (Å²) in [6.07, 6.45) is 7.34. The summed E-state index contributed by atoms with van der Waals surface area (Å²) >= 11 is 5.95. The highest BCUT2D eigenvalue weighted by atomic mass is 35.5. The lowest BCUT2D eigenvalue weighted by Crippen LogP contribution is -2.20. The summed E-state index contributed by atoms with van der Waals surface area (Å²) in [5, 5.41) is 0.0201. The van der Waals surface area contributed by atoms with E-state index in [0.717, 1.165) is 19.3 Å². The predicted molar refractivity (Wildman–Crippen MR) is 65.2 cm³/mol.